The molecule has 1 heterocycles. The maximum atomic E-state index is 10.9. The van der Waals surface area contributed by atoms with Crippen molar-refractivity contribution < 1.29 is 14.6 Å². The van der Waals surface area contributed by atoms with Crippen molar-refractivity contribution in [1.29, 1.82) is 0 Å². The molecule has 1 atom stereocenters. The van der Waals surface area contributed by atoms with Crippen molar-refractivity contribution in [3.63, 3.8) is 0 Å². The van der Waals surface area contributed by atoms with Crippen LogP contribution in [0.15, 0.2) is 18.5 Å². The molecule has 0 amide bonds. The van der Waals surface area contributed by atoms with Gasteiger partial charge >= 0.3 is 5.97 Å². The van der Waals surface area contributed by atoms with Gasteiger partial charge in [0.15, 0.2) is 0 Å². The monoisotopic (exact) mass is 215 g/mol. The summed E-state index contributed by atoms with van der Waals surface area (Å²) in [6, 6.07) is 1.57. The quantitative estimate of drug-likeness (QED) is 0.773. The molecule has 76 valence electrons. The number of hydrogen-bond acceptors (Lipinski definition) is 4. The van der Waals surface area contributed by atoms with Gasteiger partial charge in [0.1, 0.15) is 0 Å². The van der Waals surface area contributed by atoms with Gasteiger partial charge in [0.05, 0.1) is 24.7 Å². The predicted octanol–water partition coefficient (Wildman–Crippen LogP) is 1.33. The van der Waals surface area contributed by atoms with Crippen LogP contribution in [-0.2, 0) is 9.53 Å². The molecule has 4 nitrogen and oxygen atoms in total. The summed E-state index contributed by atoms with van der Waals surface area (Å²) < 4.78 is 4.42. The number of pyridine rings is 1. The van der Waals surface area contributed by atoms with E-state index in [9.17, 15) is 9.90 Å². The second-order valence-corrected chi connectivity index (χ2v) is 3.10. The molecule has 1 N–H and O–H groups in total. The third-order valence-corrected chi connectivity index (χ3v) is 2.07. The molecule has 0 fully saturated rings. The molecule has 0 bridgehead atoms. The lowest BCUT2D eigenvalue weighted by molar-refractivity contribution is -0.142. The molecule has 1 rings (SSSR count). The Morgan fingerprint density at radius 2 is 2.50 bits per heavy atom. The van der Waals surface area contributed by atoms with Crippen molar-refractivity contribution in [3.8, 4) is 0 Å². The van der Waals surface area contributed by atoms with E-state index in [0.717, 1.165) is 0 Å². The normalized spacial score (nSPS) is 12.2. The first-order valence-electron chi connectivity index (χ1n) is 3.99. The minimum Gasteiger partial charge on any atom is -0.469 e. The zero-order chi connectivity index (χ0) is 10.6. The predicted molar refractivity (Wildman–Crippen MR) is 50.8 cm³/mol. The fraction of sp³-hybridized carbons (Fsp3) is 0.333. The molecule has 0 aliphatic heterocycles. The first kappa shape index (κ1) is 10.9. The Kier molecular flexibility index (Phi) is 3.85. The molecular formula is C9H10ClNO3. The number of aliphatic hydroxyl groups is 1. The van der Waals surface area contributed by atoms with Crippen molar-refractivity contribution >= 4 is 17.6 Å². The Balaban J connectivity index is 2.74. The van der Waals surface area contributed by atoms with Crippen LogP contribution in [0.25, 0.3) is 0 Å². The fourth-order valence-corrected chi connectivity index (χ4v) is 1.25. The maximum absolute atomic E-state index is 10.9. The number of carbonyl (C=O) groups excluding carboxylic acids is 1. The smallest absolute Gasteiger partial charge is 0.308 e. The topological polar surface area (TPSA) is 59.4 Å². The Bertz CT molecular complexity index is 330. The van der Waals surface area contributed by atoms with Gasteiger partial charge in [0.25, 0.3) is 0 Å². The lowest BCUT2D eigenvalue weighted by Gasteiger charge is -2.10. The number of halogens is 1. The van der Waals surface area contributed by atoms with Gasteiger partial charge in [-0.05, 0) is 6.07 Å². The first-order chi connectivity index (χ1) is 6.65. The molecule has 0 radical (unpaired) electrons. The standard InChI is InChI=1S/C9H10ClNO3/c1-14-9(13)4-8(12)6-2-3-11-5-7(6)10/h2-3,5,8,12H,4H2,1H3/t8-/m1/s1. The highest BCUT2D eigenvalue weighted by atomic mass is 35.5. The lowest BCUT2D eigenvalue weighted by atomic mass is 10.1. The van der Waals surface area contributed by atoms with Gasteiger partial charge in [-0.25, -0.2) is 0 Å². The molecule has 5 heteroatoms. The fourth-order valence-electron chi connectivity index (χ4n) is 1.01. The summed E-state index contributed by atoms with van der Waals surface area (Å²) in [4.78, 5) is 14.6. The van der Waals surface area contributed by atoms with E-state index in [1.54, 1.807) is 6.07 Å². The van der Waals surface area contributed by atoms with Crippen molar-refractivity contribution in [2.45, 2.75) is 12.5 Å². The first-order valence-corrected chi connectivity index (χ1v) is 4.37. The van der Waals surface area contributed by atoms with Crippen molar-refractivity contribution in [1.82, 2.24) is 4.98 Å². The van der Waals surface area contributed by atoms with Crippen LogP contribution in [0.4, 0.5) is 0 Å². The molecule has 0 aliphatic rings. The number of carbonyl (C=O) groups is 1. The number of ether oxygens (including phenoxy) is 1. The molecular weight excluding hydrogens is 206 g/mol. The lowest BCUT2D eigenvalue weighted by Crippen LogP contribution is -2.08. The molecule has 1 aromatic rings. The van der Waals surface area contributed by atoms with Crippen LogP contribution < -0.4 is 0 Å². The summed E-state index contributed by atoms with van der Waals surface area (Å²) in [5, 5.41) is 9.93. The van der Waals surface area contributed by atoms with Crippen LogP contribution in [0.3, 0.4) is 0 Å². The van der Waals surface area contributed by atoms with Gasteiger partial charge in [0.2, 0.25) is 0 Å². The van der Waals surface area contributed by atoms with Gasteiger partial charge in [-0.15, -0.1) is 0 Å². The van der Waals surface area contributed by atoms with E-state index in [2.05, 4.69) is 9.72 Å². The summed E-state index contributed by atoms with van der Waals surface area (Å²) in [5.74, 6) is -0.481. The SMILES string of the molecule is COC(=O)C[C@@H](O)c1ccncc1Cl. The number of methoxy groups -OCH3 is 1. The summed E-state index contributed by atoms with van der Waals surface area (Å²) in [7, 11) is 1.27. The van der Waals surface area contributed by atoms with Crippen LogP contribution in [0, 0.1) is 0 Å². The Hall–Kier alpha value is -1.13. The van der Waals surface area contributed by atoms with E-state index < -0.39 is 12.1 Å². The summed E-state index contributed by atoms with van der Waals surface area (Å²) in [6.45, 7) is 0. The van der Waals surface area contributed by atoms with Crippen molar-refractivity contribution in [2.24, 2.45) is 0 Å². The zero-order valence-corrected chi connectivity index (χ0v) is 8.36. The second kappa shape index (κ2) is 4.93. The van der Waals surface area contributed by atoms with Crippen LogP contribution >= 0.6 is 11.6 Å². The third kappa shape index (κ3) is 2.68. The molecule has 0 aromatic carbocycles. The van der Waals surface area contributed by atoms with E-state index in [-0.39, 0.29) is 6.42 Å². The molecule has 0 aliphatic carbocycles. The highest BCUT2D eigenvalue weighted by molar-refractivity contribution is 6.31. The Morgan fingerprint density at radius 3 is 3.07 bits per heavy atom. The summed E-state index contributed by atoms with van der Waals surface area (Å²) >= 11 is 5.77. The molecule has 0 unspecified atom stereocenters. The number of hydrogen-bond donors (Lipinski definition) is 1. The number of nitrogens with zero attached hydrogens (tertiary/aromatic N) is 1. The summed E-state index contributed by atoms with van der Waals surface area (Å²) in [6.07, 6.45) is 1.86. The van der Waals surface area contributed by atoms with Crippen LogP contribution in [0.1, 0.15) is 18.1 Å². The van der Waals surface area contributed by atoms with Gasteiger partial charge < -0.3 is 9.84 Å². The van der Waals surface area contributed by atoms with E-state index in [1.165, 1.54) is 19.5 Å². The number of rotatable bonds is 3. The maximum Gasteiger partial charge on any atom is 0.308 e. The highest BCUT2D eigenvalue weighted by Crippen LogP contribution is 2.23. The van der Waals surface area contributed by atoms with Gasteiger partial charge in [-0.1, -0.05) is 11.6 Å². The summed E-state index contributed by atoms with van der Waals surface area (Å²) in [5.41, 5.74) is 0.479. The minimum atomic E-state index is -0.946. The number of esters is 1. The molecule has 0 spiro atoms. The Labute approximate surface area is 86.5 Å². The molecule has 0 saturated carbocycles. The molecule has 0 saturated heterocycles. The zero-order valence-electron chi connectivity index (χ0n) is 7.61. The molecule has 14 heavy (non-hydrogen) atoms. The van der Waals surface area contributed by atoms with Crippen LogP contribution in [0.5, 0.6) is 0 Å². The number of aliphatic hydroxyl groups excluding tert-OH is 1. The largest absolute Gasteiger partial charge is 0.469 e. The van der Waals surface area contributed by atoms with E-state index >= 15 is 0 Å². The van der Waals surface area contributed by atoms with Crippen LogP contribution in [0.2, 0.25) is 5.02 Å². The molecule has 1 aromatic heterocycles. The average Bonchev–Trinajstić information content (AvgIpc) is 2.18. The van der Waals surface area contributed by atoms with E-state index in [1.807, 2.05) is 0 Å². The van der Waals surface area contributed by atoms with Gasteiger partial charge in [-0.3, -0.25) is 9.78 Å². The van der Waals surface area contributed by atoms with Gasteiger partial charge in [-0.2, -0.15) is 0 Å². The van der Waals surface area contributed by atoms with E-state index in [4.69, 9.17) is 11.6 Å². The third-order valence-electron chi connectivity index (χ3n) is 1.75. The second-order valence-electron chi connectivity index (χ2n) is 2.69. The Morgan fingerprint density at radius 1 is 1.79 bits per heavy atom. The average molecular weight is 216 g/mol. The van der Waals surface area contributed by atoms with Crippen molar-refractivity contribution in [2.75, 3.05) is 7.11 Å². The van der Waals surface area contributed by atoms with Crippen LogP contribution in [-0.4, -0.2) is 23.2 Å². The van der Waals surface area contributed by atoms with E-state index in [0.29, 0.717) is 10.6 Å². The highest BCUT2D eigenvalue weighted by Gasteiger charge is 2.15. The number of aromatic nitrogens is 1. The van der Waals surface area contributed by atoms with Gasteiger partial charge in [0, 0.05) is 18.0 Å². The van der Waals surface area contributed by atoms with Crippen molar-refractivity contribution in [3.05, 3.63) is 29.0 Å². The minimum absolute atomic E-state index is 0.111.